The van der Waals surface area contributed by atoms with E-state index in [2.05, 4.69) is 20.8 Å². The van der Waals surface area contributed by atoms with E-state index < -0.39 is 5.41 Å². The van der Waals surface area contributed by atoms with Crippen molar-refractivity contribution in [2.75, 3.05) is 11.9 Å². The third-order valence-electron chi connectivity index (χ3n) is 2.84. The molecule has 0 unspecified atom stereocenters. The summed E-state index contributed by atoms with van der Waals surface area (Å²) in [4.78, 5) is 12.0. The highest BCUT2D eigenvalue weighted by Gasteiger charge is 2.25. The minimum atomic E-state index is -0.606. The summed E-state index contributed by atoms with van der Waals surface area (Å²) in [6, 6.07) is 7.27. The number of nitrogens with two attached hydrogens (primary N) is 1. The zero-order valence-electron chi connectivity index (χ0n) is 11.3. The molecule has 0 saturated carbocycles. The minimum Gasteiger partial charge on any atom is -0.329 e. The molecule has 2 aromatic rings. The first kappa shape index (κ1) is 16.1. The van der Waals surface area contributed by atoms with Crippen LogP contribution < -0.4 is 11.1 Å². The van der Waals surface area contributed by atoms with Crippen LogP contribution >= 0.6 is 12.4 Å². The third kappa shape index (κ3) is 3.52. The van der Waals surface area contributed by atoms with E-state index in [9.17, 15) is 4.79 Å². The van der Waals surface area contributed by atoms with Crippen LogP contribution in [0.1, 0.15) is 13.8 Å². The Balaban J connectivity index is 0.00000200. The van der Waals surface area contributed by atoms with Crippen molar-refractivity contribution in [3.63, 3.8) is 0 Å². The van der Waals surface area contributed by atoms with Gasteiger partial charge in [0.2, 0.25) is 5.91 Å². The summed E-state index contributed by atoms with van der Waals surface area (Å²) < 4.78 is 1.52. The number of benzene rings is 1. The van der Waals surface area contributed by atoms with Crippen molar-refractivity contribution < 1.29 is 4.79 Å². The second-order valence-corrected chi connectivity index (χ2v) is 4.85. The molecule has 0 radical (unpaired) electrons. The second kappa shape index (κ2) is 6.44. The molecule has 0 spiro atoms. The molecule has 1 amide bonds. The molecule has 0 aliphatic rings. The van der Waals surface area contributed by atoms with Gasteiger partial charge in [-0.3, -0.25) is 4.79 Å². The lowest BCUT2D eigenvalue weighted by Gasteiger charge is -2.21. The Bertz CT molecular complexity index is 569. The number of hydrogen-bond donors (Lipinski definition) is 2. The number of carbonyl (C=O) groups is 1. The Morgan fingerprint density at radius 2 is 2.20 bits per heavy atom. The Hall–Kier alpha value is -1.99. The van der Waals surface area contributed by atoms with Gasteiger partial charge in [-0.05, 0) is 42.5 Å². The monoisotopic (exact) mass is 296 g/mol. The summed E-state index contributed by atoms with van der Waals surface area (Å²) in [6.45, 7) is 3.88. The van der Waals surface area contributed by atoms with Gasteiger partial charge in [-0.2, -0.15) is 0 Å². The van der Waals surface area contributed by atoms with Gasteiger partial charge in [-0.25, -0.2) is 4.68 Å². The lowest BCUT2D eigenvalue weighted by atomic mass is 9.92. The molecule has 0 saturated heterocycles. The van der Waals surface area contributed by atoms with Crippen molar-refractivity contribution in [1.29, 1.82) is 0 Å². The molecule has 1 aromatic carbocycles. The summed E-state index contributed by atoms with van der Waals surface area (Å²) in [5.74, 6) is -0.121. The molecule has 0 aliphatic carbocycles. The van der Waals surface area contributed by atoms with Crippen LogP contribution in [0.3, 0.4) is 0 Å². The number of nitrogens with zero attached hydrogens (tertiary/aromatic N) is 4. The number of hydrogen-bond acceptors (Lipinski definition) is 5. The van der Waals surface area contributed by atoms with E-state index in [1.54, 1.807) is 26.0 Å². The molecular weight excluding hydrogens is 280 g/mol. The SMILES string of the molecule is CC(C)(CN)C(=O)Nc1cccc(-n2cnnn2)c1.Cl. The lowest BCUT2D eigenvalue weighted by molar-refractivity contribution is -0.123. The van der Waals surface area contributed by atoms with E-state index in [0.717, 1.165) is 5.69 Å². The van der Waals surface area contributed by atoms with Gasteiger partial charge >= 0.3 is 0 Å². The summed E-state index contributed by atoms with van der Waals surface area (Å²) in [6.07, 6.45) is 1.49. The van der Waals surface area contributed by atoms with Crippen molar-refractivity contribution in [2.45, 2.75) is 13.8 Å². The molecule has 7 nitrogen and oxygen atoms in total. The van der Waals surface area contributed by atoms with Gasteiger partial charge in [0.1, 0.15) is 6.33 Å². The van der Waals surface area contributed by atoms with Crippen molar-refractivity contribution >= 4 is 24.0 Å². The summed E-state index contributed by atoms with van der Waals surface area (Å²) in [7, 11) is 0. The van der Waals surface area contributed by atoms with Crippen molar-refractivity contribution in [3.05, 3.63) is 30.6 Å². The van der Waals surface area contributed by atoms with Crippen molar-refractivity contribution in [2.24, 2.45) is 11.1 Å². The van der Waals surface area contributed by atoms with E-state index in [1.165, 1.54) is 11.0 Å². The first-order valence-electron chi connectivity index (χ1n) is 5.88. The lowest BCUT2D eigenvalue weighted by Crippen LogP contribution is -2.37. The number of anilines is 1. The van der Waals surface area contributed by atoms with Crippen molar-refractivity contribution in [1.82, 2.24) is 20.2 Å². The van der Waals surface area contributed by atoms with Gasteiger partial charge in [0.05, 0.1) is 11.1 Å². The van der Waals surface area contributed by atoms with Gasteiger partial charge < -0.3 is 11.1 Å². The molecule has 108 valence electrons. The molecule has 1 heterocycles. The van der Waals surface area contributed by atoms with Crippen LogP contribution in [0.5, 0.6) is 0 Å². The van der Waals surface area contributed by atoms with Gasteiger partial charge in [0, 0.05) is 12.2 Å². The summed E-state index contributed by atoms with van der Waals surface area (Å²) >= 11 is 0. The third-order valence-corrected chi connectivity index (χ3v) is 2.84. The van der Waals surface area contributed by atoms with Gasteiger partial charge in [0.25, 0.3) is 0 Å². The largest absolute Gasteiger partial charge is 0.329 e. The highest BCUT2D eigenvalue weighted by atomic mass is 35.5. The number of nitrogens with one attached hydrogen (secondary N) is 1. The predicted octanol–water partition coefficient (Wildman–Crippen LogP) is 1.01. The number of tetrazole rings is 1. The molecular formula is C12H17ClN6O. The molecule has 0 atom stereocenters. The second-order valence-electron chi connectivity index (χ2n) is 4.85. The maximum atomic E-state index is 12.0. The van der Waals surface area contributed by atoms with Crippen LogP contribution in [0.15, 0.2) is 30.6 Å². The van der Waals surface area contributed by atoms with Gasteiger partial charge in [-0.1, -0.05) is 6.07 Å². The molecule has 20 heavy (non-hydrogen) atoms. The number of rotatable bonds is 4. The zero-order chi connectivity index (χ0) is 13.9. The maximum Gasteiger partial charge on any atom is 0.231 e. The van der Waals surface area contributed by atoms with E-state index in [1.807, 2.05) is 12.1 Å². The van der Waals surface area contributed by atoms with E-state index in [0.29, 0.717) is 5.69 Å². The average Bonchev–Trinajstić information content (AvgIpc) is 2.93. The van der Waals surface area contributed by atoms with Crippen LogP contribution in [0.4, 0.5) is 5.69 Å². The Kier molecular flexibility index (Phi) is 5.18. The number of carbonyl (C=O) groups excluding carboxylic acids is 1. The topological polar surface area (TPSA) is 98.7 Å². The van der Waals surface area contributed by atoms with Crippen LogP contribution in [-0.4, -0.2) is 32.7 Å². The molecule has 0 aliphatic heterocycles. The molecule has 3 N–H and O–H groups in total. The summed E-state index contributed by atoms with van der Waals surface area (Å²) in [5, 5.41) is 13.8. The van der Waals surface area contributed by atoms with E-state index >= 15 is 0 Å². The quantitative estimate of drug-likeness (QED) is 0.877. The standard InChI is InChI=1S/C12H16N6O.ClH/c1-12(2,7-13)11(19)15-9-4-3-5-10(6-9)18-8-14-16-17-18;/h3-6,8H,7,13H2,1-2H3,(H,15,19);1H. The minimum absolute atomic E-state index is 0. The number of aromatic nitrogens is 4. The van der Waals surface area contributed by atoms with Crippen LogP contribution in [0.2, 0.25) is 0 Å². The Labute approximate surface area is 123 Å². The molecule has 0 bridgehead atoms. The highest BCUT2D eigenvalue weighted by Crippen LogP contribution is 2.18. The fourth-order valence-corrected chi connectivity index (χ4v) is 1.40. The first-order valence-corrected chi connectivity index (χ1v) is 5.88. The number of amides is 1. The molecule has 2 rings (SSSR count). The van der Waals surface area contributed by atoms with Crippen LogP contribution in [-0.2, 0) is 4.79 Å². The average molecular weight is 297 g/mol. The van der Waals surface area contributed by atoms with E-state index in [4.69, 9.17) is 5.73 Å². The summed E-state index contributed by atoms with van der Waals surface area (Å²) in [5.41, 5.74) is 6.42. The van der Waals surface area contributed by atoms with Crippen LogP contribution in [0.25, 0.3) is 5.69 Å². The molecule has 8 heteroatoms. The van der Waals surface area contributed by atoms with Gasteiger partial charge in [0.15, 0.2) is 0 Å². The van der Waals surface area contributed by atoms with E-state index in [-0.39, 0.29) is 24.9 Å². The van der Waals surface area contributed by atoms with Gasteiger partial charge in [-0.15, -0.1) is 17.5 Å². The predicted molar refractivity (Wildman–Crippen MR) is 77.9 cm³/mol. The Morgan fingerprint density at radius 1 is 1.45 bits per heavy atom. The first-order chi connectivity index (χ1) is 9.03. The fourth-order valence-electron chi connectivity index (χ4n) is 1.40. The Morgan fingerprint density at radius 3 is 2.80 bits per heavy atom. The normalized spacial score (nSPS) is 10.8. The van der Waals surface area contributed by atoms with Crippen molar-refractivity contribution in [3.8, 4) is 5.69 Å². The number of halogens is 1. The molecule has 1 aromatic heterocycles. The fraction of sp³-hybridized carbons (Fsp3) is 0.333. The highest BCUT2D eigenvalue weighted by molar-refractivity contribution is 5.95. The smallest absolute Gasteiger partial charge is 0.231 e. The molecule has 0 fully saturated rings. The zero-order valence-corrected chi connectivity index (χ0v) is 12.1. The van der Waals surface area contributed by atoms with Crippen LogP contribution in [0, 0.1) is 5.41 Å². The maximum absolute atomic E-state index is 12.0.